The fourth-order valence-corrected chi connectivity index (χ4v) is 4.38. The number of ether oxygens (including phenoxy) is 2. The molecule has 0 heterocycles. The monoisotopic (exact) mass is 446 g/mol. The zero-order valence-electron chi connectivity index (χ0n) is 17.3. The van der Waals surface area contributed by atoms with Crippen molar-refractivity contribution in [2.45, 2.75) is 57.7 Å². The Morgan fingerprint density at radius 1 is 0.968 bits per heavy atom. The van der Waals surface area contributed by atoms with Gasteiger partial charge in [-0.05, 0) is 49.1 Å². The molecule has 3 rings (SSSR count). The average molecular weight is 446 g/mol. The molecule has 0 atom stereocenters. The van der Waals surface area contributed by atoms with E-state index in [0.717, 1.165) is 44.8 Å². The first-order chi connectivity index (χ1) is 14.6. The van der Waals surface area contributed by atoms with Gasteiger partial charge in [0.1, 0.15) is 11.6 Å². The molecule has 0 unspecified atom stereocenters. The molecule has 0 N–H and O–H groups in total. The summed E-state index contributed by atoms with van der Waals surface area (Å²) in [6.07, 6.45) is 0.936. The Labute approximate surface area is 177 Å². The van der Waals surface area contributed by atoms with Crippen molar-refractivity contribution in [3.63, 3.8) is 0 Å². The molecule has 2 nitrogen and oxygen atoms in total. The van der Waals surface area contributed by atoms with Crippen molar-refractivity contribution in [3.8, 4) is 22.6 Å². The molecule has 0 aliphatic heterocycles. The molecule has 1 aliphatic carbocycles. The Kier molecular flexibility index (Phi) is 7.06. The Bertz CT molecular complexity index is 917. The van der Waals surface area contributed by atoms with Crippen LogP contribution in [0.1, 0.15) is 56.9 Å². The number of rotatable bonds is 6. The summed E-state index contributed by atoms with van der Waals surface area (Å²) in [5.74, 6) is -5.35. The lowest BCUT2D eigenvalue weighted by atomic mass is 9.77. The molecule has 0 spiro atoms. The first-order valence-electron chi connectivity index (χ1n) is 10.3. The molecule has 0 radical (unpaired) electrons. The van der Waals surface area contributed by atoms with Crippen LogP contribution in [0, 0.1) is 23.4 Å². The summed E-state index contributed by atoms with van der Waals surface area (Å²) in [7, 11) is 1.09. The summed E-state index contributed by atoms with van der Waals surface area (Å²) in [6.45, 7) is 2.15. The largest absolute Gasteiger partial charge is 0.573 e. The lowest BCUT2D eigenvalue weighted by molar-refractivity contribution is -0.276. The third-order valence-corrected chi connectivity index (χ3v) is 5.86. The van der Waals surface area contributed by atoms with Gasteiger partial charge in [-0.2, -0.15) is 0 Å². The van der Waals surface area contributed by atoms with Gasteiger partial charge in [0, 0.05) is 11.6 Å². The van der Waals surface area contributed by atoms with Crippen molar-refractivity contribution in [1.29, 1.82) is 0 Å². The minimum atomic E-state index is -5.31. The lowest BCUT2D eigenvalue weighted by Gasteiger charge is -2.28. The molecule has 1 fully saturated rings. The van der Waals surface area contributed by atoms with Crippen molar-refractivity contribution in [2.75, 3.05) is 7.11 Å². The van der Waals surface area contributed by atoms with Gasteiger partial charge in [-0.3, -0.25) is 0 Å². The predicted molar refractivity (Wildman–Crippen MR) is 105 cm³/mol. The van der Waals surface area contributed by atoms with Gasteiger partial charge in [0.15, 0.2) is 11.6 Å². The molecular weight excluding hydrogens is 422 g/mol. The van der Waals surface area contributed by atoms with E-state index in [0.29, 0.717) is 12.0 Å². The van der Waals surface area contributed by atoms with Gasteiger partial charge in [-0.1, -0.05) is 31.9 Å². The van der Waals surface area contributed by atoms with Crippen LogP contribution in [0.3, 0.4) is 0 Å². The number of hydrogen-bond donors (Lipinski definition) is 0. The van der Waals surface area contributed by atoms with Crippen LogP contribution in [-0.4, -0.2) is 13.5 Å². The highest BCUT2D eigenvalue weighted by Gasteiger charge is 2.36. The normalized spacial score (nSPS) is 19.4. The highest BCUT2D eigenvalue weighted by atomic mass is 19.4. The van der Waals surface area contributed by atoms with Crippen molar-refractivity contribution in [3.05, 3.63) is 47.3 Å². The standard InChI is InChI=1S/C23H24F6O2/c1-3-4-13-5-7-14(8-6-13)15-9-10-16(17(24)11-15)20-19(30-2)12-18(25)22(21(20)26)31-23(27,28)29/h9-14H,3-8H2,1-2H3/t13-,14-. The van der Waals surface area contributed by atoms with E-state index in [1.54, 1.807) is 6.07 Å². The molecule has 170 valence electrons. The lowest BCUT2D eigenvalue weighted by Crippen LogP contribution is -2.19. The van der Waals surface area contributed by atoms with Crippen LogP contribution in [0.5, 0.6) is 11.5 Å². The first-order valence-corrected chi connectivity index (χ1v) is 10.3. The number of alkyl halides is 3. The van der Waals surface area contributed by atoms with Crippen molar-refractivity contribution in [1.82, 2.24) is 0 Å². The summed E-state index contributed by atoms with van der Waals surface area (Å²) in [5.41, 5.74) is -0.201. The summed E-state index contributed by atoms with van der Waals surface area (Å²) >= 11 is 0. The summed E-state index contributed by atoms with van der Waals surface area (Å²) in [5, 5.41) is 0. The van der Waals surface area contributed by atoms with E-state index >= 15 is 0 Å². The van der Waals surface area contributed by atoms with E-state index < -0.39 is 40.9 Å². The van der Waals surface area contributed by atoms with Gasteiger partial charge in [-0.15, -0.1) is 13.2 Å². The van der Waals surface area contributed by atoms with Gasteiger partial charge in [0.05, 0.1) is 12.7 Å². The summed E-state index contributed by atoms with van der Waals surface area (Å²) < 4.78 is 89.9. The molecule has 0 saturated heterocycles. The Morgan fingerprint density at radius 3 is 2.19 bits per heavy atom. The Morgan fingerprint density at radius 2 is 1.65 bits per heavy atom. The fourth-order valence-electron chi connectivity index (χ4n) is 4.38. The molecule has 1 aliphatic rings. The van der Waals surface area contributed by atoms with Crippen LogP contribution >= 0.6 is 0 Å². The van der Waals surface area contributed by atoms with Crippen LogP contribution in [-0.2, 0) is 0 Å². The van der Waals surface area contributed by atoms with E-state index in [4.69, 9.17) is 4.74 Å². The SMILES string of the molecule is CCC[C@H]1CC[C@H](c2ccc(-c3c(OC)cc(F)c(OC(F)(F)F)c3F)c(F)c2)CC1. The quantitative estimate of drug-likeness (QED) is 0.422. The minimum Gasteiger partial charge on any atom is -0.496 e. The van der Waals surface area contributed by atoms with Crippen molar-refractivity contribution >= 4 is 0 Å². The van der Waals surface area contributed by atoms with Gasteiger partial charge >= 0.3 is 6.36 Å². The van der Waals surface area contributed by atoms with Crippen LogP contribution in [0.25, 0.3) is 11.1 Å². The van der Waals surface area contributed by atoms with Gasteiger partial charge in [-0.25, -0.2) is 13.2 Å². The minimum absolute atomic E-state index is 0.167. The van der Waals surface area contributed by atoms with E-state index in [1.807, 2.05) is 0 Å². The molecular formula is C23H24F6O2. The number of benzene rings is 2. The Balaban J connectivity index is 1.95. The smallest absolute Gasteiger partial charge is 0.496 e. The van der Waals surface area contributed by atoms with E-state index in [-0.39, 0.29) is 11.5 Å². The summed E-state index contributed by atoms with van der Waals surface area (Å²) in [6, 6.07) is 4.74. The number of hydrogen-bond acceptors (Lipinski definition) is 2. The van der Waals surface area contributed by atoms with Crippen LogP contribution in [0.2, 0.25) is 0 Å². The van der Waals surface area contributed by atoms with Gasteiger partial charge in [0.2, 0.25) is 5.75 Å². The second kappa shape index (κ2) is 9.40. The third kappa shape index (κ3) is 5.28. The maximum absolute atomic E-state index is 15.0. The van der Waals surface area contributed by atoms with Crippen molar-refractivity contribution in [2.24, 2.45) is 5.92 Å². The fraction of sp³-hybridized carbons (Fsp3) is 0.478. The predicted octanol–water partition coefficient (Wildman–Crippen LogP) is 7.75. The molecule has 0 amide bonds. The highest BCUT2D eigenvalue weighted by molar-refractivity contribution is 5.74. The second-order valence-electron chi connectivity index (χ2n) is 7.87. The molecule has 0 aromatic heterocycles. The number of halogens is 6. The molecule has 2 aromatic rings. The maximum Gasteiger partial charge on any atom is 0.573 e. The average Bonchev–Trinajstić information content (AvgIpc) is 2.71. The van der Waals surface area contributed by atoms with E-state index in [9.17, 15) is 26.3 Å². The summed E-state index contributed by atoms with van der Waals surface area (Å²) in [4.78, 5) is 0. The van der Waals surface area contributed by atoms with Gasteiger partial charge in [0.25, 0.3) is 0 Å². The number of methoxy groups -OCH3 is 1. The molecule has 8 heteroatoms. The molecule has 31 heavy (non-hydrogen) atoms. The van der Waals surface area contributed by atoms with E-state index in [1.165, 1.54) is 18.6 Å². The zero-order chi connectivity index (χ0) is 22.8. The Hall–Kier alpha value is -2.38. The van der Waals surface area contributed by atoms with Crippen molar-refractivity contribution < 1.29 is 35.8 Å². The second-order valence-corrected chi connectivity index (χ2v) is 7.87. The van der Waals surface area contributed by atoms with Crippen LogP contribution in [0.4, 0.5) is 26.3 Å². The zero-order valence-corrected chi connectivity index (χ0v) is 17.3. The first kappa shape index (κ1) is 23.3. The molecule has 1 saturated carbocycles. The van der Waals surface area contributed by atoms with Crippen LogP contribution < -0.4 is 9.47 Å². The van der Waals surface area contributed by atoms with Crippen LogP contribution in [0.15, 0.2) is 24.3 Å². The highest BCUT2D eigenvalue weighted by Crippen LogP contribution is 2.43. The third-order valence-electron chi connectivity index (χ3n) is 5.86. The maximum atomic E-state index is 15.0. The molecule has 0 bridgehead atoms. The van der Waals surface area contributed by atoms with E-state index in [2.05, 4.69) is 11.7 Å². The topological polar surface area (TPSA) is 18.5 Å². The molecule has 2 aromatic carbocycles. The van der Waals surface area contributed by atoms with Gasteiger partial charge < -0.3 is 9.47 Å².